The summed E-state index contributed by atoms with van der Waals surface area (Å²) in [5, 5.41) is 0. The Morgan fingerprint density at radius 1 is 1.53 bits per heavy atom. The topological polar surface area (TPSA) is 29.5 Å². The minimum atomic E-state index is 0.125. The summed E-state index contributed by atoms with van der Waals surface area (Å²) in [5.74, 6) is 0.125. The molecule has 0 N–H and O–H groups in total. The highest BCUT2D eigenvalue weighted by Gasteiger charge is 2.20. The van der Waals surface area contributed by atoms with E-state index >= 15 is 0 Å². The third-order valence-corrected chi connectivity index (χ3v) is 5.15. The fourth-order valence-electron chi connectivity index (χ4n) is 2.40. The van der Waals surface area contributed by atoms with Crippen LogP contribution < -0.4 is 0 Å². The molecule has 1 aliphatic carbocycles. The van der Waals surface area contributed by atoms with Gasteiger partial charge in [-0.2, -0.15) is 0 Å². The molecule has 19 heavy (non-hydrogen) atoms. The molecule has 0 aromatic carbocycles. The molecule has 2 rings (SSSR count). The smallest absolute Gasteiger partial charge is 0.263 e. The van der Waals surface area contributed by atoms with Gasteiger partial charge in [-0.25, -0.2) is 0 Å². The van der Waals surface area contributed by atoms with Crippen molar-refractivity contribution >= 4 is 33.2 Å². The predicted octanol–water partition coefficient (Wildman–Crippen LogP) is 3.11. The fourth-order valence-corrected chi connectivity index (χ4v) is 4.34. The first-order valence-electron chi connectivity index (χ1n) is 6.62. The predicted molar refractivity (Wildman–Crippen MR) is 82.5 cm³/mol. The first kappa shape index (κ1) is 15.0. The maximum atomic E-state index is 12.4. The summed E-state index contributed by atoms with van der Waals surface area (Å²) in [7, 11) is 3.52. The second-order valence-corrected chi connectivity index (χ2v) is 7.44. The molecule has 0 fully saturated rings. The number of aryl methyl sites for hydroxylation is 2. The lowest BCUT2D eigenvalue weighted by atomic mass is 9.99. The van der Waals surface area contributed by atoms with Crippen molar-refractivity contribution in [3.8, 4) is 0 Å². The third kappa shape index (κ3) is 3.80. The van der Waals surface area contributed by atoms with E-state index in [1.807, 2.05) is 7.05 Å². The molecule has 0 spiro atoms. The van der Waals surface area contributed by atoms with E-state index < -0.39 is 0 Å². The number of ether oxygens (including phenoxy) is 1. The molecule has 1 amide bonds. The molecule has 5 heteroatoms. The molecule has 3 nitrogen and oxygen atoms in total. The Labute approximate surface area is 127 Å². The standard InChI is InChI=1S/C14H20BrNO2S/c1-16(8-11(15)9-18-2)14(17)13-7-10-5-3-4-6-12(10)19-13/h7,11H,3-6,8-9H2,1-2H3. The van der Waals surface area contributed by atoms with Gasteiger partial charge in [-0.05, 0) is 37.3 Å². The third-order valence-electron chi connectivity index (χ3n) is 3.37. The lowest BCUT2D eigenvalue weighted by molar-refractivity contribution is 0.0789. The normalized spacial score (nSPS) is 15.9. The molecule has 0 aliphatic heterocycles. The maximum absolute atomic E-state index is 12.4. The van der Waals surface area contributed by atoms with Crippen LogP contribution in [0, 0.1) is 0 Å². The highest BCUT2D eigenvalue weighted by molar-refractivity contribution is 9.09. The molecule has 0 bridgehead atoms. The van der Waals surface area contributed by atoms with E-state index in [2.05, 4.69) is 22.0 Å². The molecule has 1 aromatic rings. The molecule has 0 saturated carbocycles. The average Bonchev–Trinajstić information content (AvgIpc) is 2.81. The van der Waals surface area contributed by atoms with Crippen molar-refractivity contribution in [3.05, 3.63) is 21.4 Å². The summed E-state index contributed by atoms with van der Waals surface area (Å²) in [6.45, 7) is 1.27. The number of fused-ring (bicyclic) bond motifs is 1. The first-order chi connectivity index (χ1) is 9.11. The van der Waals surface area contributed by atoms with Crippen LogP contribution in [0.3, 0.4) is 0 Å². The van der Waals surface area contributed by atoms with E-state index in [9.17, 15) is 4.79 Å². The highest BCUT2D eigenvalue weighted by atomic mass is 79.9. The Kier molecular flexibility index (Phi) is 5.42. The quantitative estimate of drug-likeness (QED) is 0.767. The Morgan fingerprint density at radius 2 is 2.26 bits per heavy atom. The van der Waals surface area contributed by atoms with Crippen molar-refractivity contribution in [3.63, 3.8) is 0 Å². The van der Waals surface area contributed by atoms with Crippen molar-refractivity contribution in [2.45, 2.75) is 30.5 Å². The van der Waals surface area contributed by atoms with Gasteiger partial charge < -0.3 is 9.64 Å². The lowest BCUT2D eigenvalue weighted by Crippen LogP contribution is -2.33. The summed E-state index contributed by atoms with van der Waals surface area (Å²) in [6.07, 6.45) is 4.79. The fraction of sp³-hybridized carbons (Fsp3) is 0.643. The zero-order valence-electron chi connectivity index (χ0n) is 11.4. The summed E-state index contributed by atoms with van der Waals surface area (Å²) >= 11 is 5.20. The van der Waals surface area contributed by atoms with Gasteiger partial charge >= 0.3 is 0 Å². The number of rotatable bonds is 5. The molecule has 1 heterocycles. The zero-order valence-corrected chi connectivity index (χ0v) is 13.8. The van der Waals surface area contributed by atoms with Gasteiger partial charge in [0.1, 0.15) is 0 Å². The van der Waals surface area contributed by atoms with Crippen LogP contribution in [-0.4, -0.2) is 42.9 Å². The molecular formula is C14H20BrNO2S. The van der Waals surface area contributed by atoms with Crippen molar-refractivity contribution < 1.29 is 9.53 Å². The molecule has 1 aliphatic rings. The van der Waals surface area contributed by atoms with Crippen LogP contribution in [-0.2, 0) is 17.6 Å². The molecular weight excluding hydrogens is 326 g/mol. The van der Waals surface area contributed by atoms with Gasteiger partial charge in [0.05, 0.1) is 16.3 Å². The number of carbonyl (C=O) groups excluding carboxylic acids is 1. The van der Waals surface area contributed by atoms with Gasteiger partial charge in [-0.3, -0.25) is 4.79 Å². The Morgan fingerprint density at radius 3 is 2.95 bits per heavy atom. The Hall–Kier alpha value is -0.390. The number of hydrogen-bond donors (Lipinski definition) is 0. The van der Waals surface area contributed by atoms with Crippen LogP contribution in [0.15, 0.2) is 6.07 Å². The van der Waals surface area contributed by atoms with Crippen LogP contribution in [0.2, 0.25) is 0 Å². The van der Waals surface area contributed by atoms with E-state index in [0.717, 1.165) is 17.7 Å². The van der Waals surface area contributed by atoms with Gasteiger partial charge in [-0.1, -0.05) is 15.9 Å². The molecule has 1 unspecified atom stereocenters. The Balaban J connectivity index is 2.00. The summed E-state index contributed by atoms with van der Waals surface area (Å²) in [6, 6.07) is 2.09. The van der Waals surface area contributed by atoms with E-state index in [4.69, 9.17) is 4.74 Å². The first-order valence-corrected chi connectivity index (χ1v) is 8.35. The molecule has 0 saturated heterocycles. The molecule has 106 valence electrons. The van der Waals surface area contributed by atoms with Crippen molar-refractivity contribution in [1.82, 2.24) is 4.90 Å². The summed E-state index contributed by atoms with van der Waals surface area (Å²) < 4.78 is 5.07. The van der Waals surface area contributed by atoms with E-state index in [1.54, 1.807) is 23.3 Å². The maximum Gasteiger partial charge on any atom is 0.263 e. The minimum absolute atomic E-state index is 0.125. The number of amides is 1. The molecule has 1 atom stereocenters. The number of methoxy groups -OCH3 is 1. The van der Waals surface area contributed by atoms with Crippen molar-refractivity contribution in [1.29, 1.82) is 0 Å². The van der Waals surface area contributed by atoms with Crippen LogP contribution in [0.5, 0.6) is 0 Å². The van der Waals surface area contributed by atoms with E-state index in [-0.39, 0.29) is 10.7 Å². The molecule has 1 aromatic heterocycles. The van der Waals surface area contributed by atoms with Gasteiger partial charge in [-0.15, -0.1) is 11.3 Å². The Bertz CT molecular complexity index is 423. The van der Waals surface area contributed by atoms with Crippen molar-refractivity contribution in [2.75, 3.05) is 27.3 Å². The number of thiophene rings is 1. The zero-order chi connectivity index (χ0) is 13.8. The summed E-state index contributed by atoms with van der Waals surface area (Å²) in [4.78, 5) is 16.6. The minimum Gasteiger partial charge on any atom is -0.383 e. The van der Waals surface area contributed by atoms with Crippen LogP contribution in [0.4, 0.5) is 0 Å². The molecule has 0 radical (unpaired) electrons. The monoisotopic (exact) mass is 345 g/mol. The second-order valence-electron chi connectivity index (χ2n) is 5.00. The number of carbonyl (C=O) groups is 1. The number of nitrogens with zero attached hydrogens (tertiary/aromatic N) is 1. The van der Waals surface area contributed by atoms with Gasteiger partial charge in [0.15, 0.2) is 0 Å². The SMILES string of the molecule is COCC(Br)CN(C)C(=O)c1cc2c(s1)CCCC2. The van der Waals surface area contributed by atoms with E-state index in [0.29, 0.717) is 13.2 Å². The number of halogens is 1. The van der Waals surface area contributed by atoms with Gasteiger partial charge in [0, 0.05) is 25.6 Å². The van der Waals surface area contributed by atoms with E-state index in [1.165, 1.54) is 23.3 Å². The van der Waals surface area contributed by atoms with Crippen LogP contribution in [0.25, 0.3) is 0 Å². The van der Waals surface area contributed by atoms with Crippen LogP contribution >= 0.6 is 27.3 Å². The average molecular weight is 346 g/mol. The summed E-state index contributed by atoms with van der Waals surface area (Å²) in [5.41, 5.74) is 1.39. The van der Waals surface area contributed by atoms with Crippen molar-refractivity contribution in [2.24, 2.45) is 0 Å². The van der Waals surface area contributed by atoms with Gasteiger partial charge in [0.2, 0.25) is 0 Å². The van der Waals surface area contributed by atoms with Gasteiger partial charge in [0.25, 0.3) is 5.91 Å². The van der Waals surface area contributed by atoms with Crippen LogP contribution in [0.1, 0.15) is 33.0 Å². The highest BCUT2D eigenvalue weighted by Crippen LogP contribution is 2.30. The second kappa shape index (κ2) is 6.86. The number of hydrogen-bond acceptors (Lipinski definition) is 3. The largest absolute Gasteiger partial charge is 0.383 e. The lowest BCUT2D eigenvalue weighted by Gasteiger charge is -2.19. The number of alkyl halides is 1.